The standard InChI is InChI=1S/C13H17N3O/c14-8-9-4-3-6-11(13(9)15)16-10-5-1-2-7-12(10)17/h3-4,6,10,12,16-17H,1-2,5,7,15H2. The van der Waals surface area contributed by atoms with Gasteiger partial charge in [0.15, 0.2) is 0 Å². The van der Waals surface area contributed by atoms with Crippen LogP contribution in [-0.2, 0) is 0 Å². The molecule has 0 radical (unpaired) electrons. The molecule has 1 saturated carbocycles. The van der Waals surface area contributed by atoms with Crippen molar-refractivity contribution in [2.45, 2.75) is 37.8 Å². The molecule has 0 spiro atoms. The Morgan fingerprint density at radius 3 is 2.82 bits per heavy atom. The van der Waals surface area contributed by atoms with Gasteiger partial charge < -0.3 is 16.2 Å². The molecule has 2 rings (SSSR count). The number of hydrogen-bond acceptors (Lipinski definition) is 4. The van der Waals surface area contributed by atoms with Gasteiger partial charge in [-0.15, -0.1) is 0 Å². The number of rotatable bonds is 2. The van der Waals surface area contributed by atoms with E-state index >= 15 is 0 Å². The van der Waals surface area contributed by atoms with E-state index in [0.717, 1.165) is 31.4 Å². The molecule has 90 valence electrons. The van der Waals surface area contributed by atoms with Crippen molar-refractivity contribution in [3.8, 4) is 6.07 Å². The first-order valence-corrected chi connectivity index (χ1v) is 5.95. The second-order valence-corrected chi connectivity index (χ2v) is 4.48. The highest BCUT2D eigenvalue weighted by atomic mass is 16.3. The third-order valence-electron chi connectivity index (χ3n) is 3.30. The fourth-order valence-electron chi connectivity index (χ4n) is 2.27. The molecular weight excluding hydrogens is 214 g/mol. The van der Waals surface area contributed by atoms with Gasteiger partial charge in [-0.25, -0.2) is 0 Å². The number of aliphatic hydroxyl groups is 1. The Morgan fingerprint density at radius 1 is 1.35 bits per heavy atom. The molecule has 2 atom stereocenters. The number of nitriles is 1. The highest BCUT2D eigenvalue weighted by molar-refractivity contribution is 5.73. The van der Waals surface area contributed by atoms with E-state index in [1.165, 1.54) is 0 Å². The summed E-state index contributed by atoms with van der Waals surface area (Å²) in [6.45, 7) is 0. The molecule has 4 N–H and O–H groups in total. The second kappa shape index (κ2) is 5.07. The molecule has 1 aromatic rings. The quantitative estimate of drug-likeness (QED) is 0.678. The largest absolute Gasteiger partial charge is 0.396 e. The number of anilines is 2. The number of nitrogens with zero attached hydrogens (tertiary/aromatic N) is 1. The molecule has 1 aromatic carbocycles. The summed E-state index contributed by atoms with van der Waals surface area (Å²) >= 11 is 0. The summed E-state index contributed by atoms with van der Waals surface area (Å²) in [5.74, 6) is 0. The normalized spacial score (nSPS) is 24.0. The number of para-hydroxylation sites is 1. The third-order valence-corrected chi connectivity index (χ3v) is 3.30. The molecule has 4 nitrogen and oxygen atoms in total. The van der Waals surface area contributed by atoms with E-state index in [1.807, 2.05) is 6.07 Å². The zero-order chi connectivity index (χ0) is 12.3. The van der Waals surface area contributed by atoms with E-state index in [9.17, 15) is 5.11 Å². The maximum atomic E-state index is 9.88. The van der Waals surface area contributed by atoms with Gasteiger partial charge in [0.2, 0.25) is 0 Å². The van der Waals surface area contributed by atoms with E-state index in [0.29, 0.717) is 11.3 Å². The molecule has 0 heterocycles. The number of aliphatic hydroxyl groups excluding tert-OH is 1. The van der Waals surface area contributed by atoms with Crippen LogP contribution in [0.3, 0.4) is 0 Å². The van der Waals surface area contributed by atoms with E-state index in [4.69, 9.17) is 11.0 Å². The zero-order valence-electron chi connectivity index (χ0n) is 9.69. The maximum absolute atomic E-state index is 9.88. The minimum atomic E-state index is -0.325. The minimum absolute atomic E-state index is 0.0417. The molecule has 2 unspecified atom stereocenters. The Bertz CT molecular complexity index is 439. The van der Waals surface area contributed by atoms with Crippen LogP contribution in [-0.4, -0.2) is 17.3 Å². The van der Waals surface area contributed by atoms with Crippen molar-refractivity contribution < 1.29 is 5.11 Å². The smallest absolute Gasteiger partial charge is 0.101 e. The lowest BCUT2D eigenvalue weighted by atomic mass is 9.92. The molecule has 1 aliphatic rings. The Kier molecular flexibility index (Phi) is 3.50. The number of nitrogens with two attached hydrogens (primary N) is 1. The van der Waals surface area contributed by atoms with Crippen LogP contribution < -0.4 is 11.1 Å². The van der Waals surface area contributed by atoms with Gasteiger partial charge in [0, 0.05) is 0 Å². The fourth-order valence-corrected chi connectivity index (χ4v) is 2.27. The second-order valence-electron chi connectivity index (χ2n) is 4.48. The van der Waals surface area contributed by atoms with E-state index in [2.05, 4.69) is 11.4 Å². The Hall–Kier alpha value is -1.73. The lowest BCUT2D eigenvalue weighted by molar-refractivity contribution is 0.116. The summed E-state index contributed by atoms with van der Waals surface area (Å²) in [6, 6.07) is 7.43. The van der Waals surface area contributed by atoms with Gasteiger partial charge in [0.25, 0.3) is 0 Å². The van der Waals surface area contributed by atoms with Gasteiger partial charge in [0.1, 0.15) is 6.07 Å². The first-order chi connectivity index (χ1) is 8.22. The van der Waals surface area contributed by atoms with Gasteiger partial charge in [-0.1, -0.05) is 18.9 Å². The number of nitrogen functional groups attached to an aromatic ring is 1. The van der Waals surface area contributed by atoms with Crippen molar-refractivity contribution in [2.24, 2.45) is 0 Å². The van der Waals surface area contributed by atoms with Crippen molar-refractivity contribution in [3.05, 3.63) is 23.8 Å². The summed E-state index contributed by atoms with van der Waals surface area (Å²) in [4.78, 5) is 0. The number of benzene rings is 1. The molecule has 0 aromatic heterocycles. The van der Waals surface area contributed by atoms with Crippen LogP contribution in [0.15, 0.2) is 18.2 Å². The van der Waals surface area contributed by atoms with E-state index in [1.54, 1.807) is 12.1 Å². The van der Waals surface area contributed by atoms with Gasteiger partial charge in [-0.2, -0.15) is 5.26 Å². The Morgan fingerprint density at radius 2 is 2.12 bits per heavy atom. The highest BCUT2D eigenvalue weighted by Crippen LogP contribution is 2.27. The molecule has 1 aliphatic carbocycles. The summed E-state index contributed by atoms with van der Waals surface area (Å²) in [7, 11) is 0. The van der Waals surface area contributed by atoms with Crippen molar-refractivity contribution in [1.29, 1.82) is 5.26 Å². The highest BCUT2D eigenvalue weighted by Gasteiger charge is 2.23. The Labute approximate surface area is 101 Å². The van der Waals surface area contributed by atoms with Crippen molar-refractivity contribution in [2.75, 3.05) is 11.1 Å². The summed E-state index contributed by atoms with van der Waals surface area (Å²) < 4.78 is 0. The first kappa shape index (κ1) is 11.7. The van der Waals surface area contributed by atoms with Crippen LogP contribution in [0, 0.1) is 11.3 Å². The average molecular weight is 231 g/mol. The predicted octanol–water partition coefficient (Wildman–Crippen LogP) is 1.86. The first-order valence-electron chi connectivity index (χ1n) is 5.95. The van der Waals surface area contributed by atoms with Crippen molar-refractivity contribution in [3.63, 3.8) is 0 Å². The SMILES string of the molecule is N#Cc1cccc(NC2CCCCC2O)c1N. The van der Waals surface area contributed by atoms with Gasteiger partial charge in [0.05, 0.1) is 29.1 Å². The van der Waals surface area contributed by atoms with Crippen LogP contribution in [0.1, 0.15) is 31.2 Å². The molecule has 0 bridgehead atoms. The summed E-state index contributed by atoms with van der Waals surface area (Å²) in [6.07, 6.45) is 3.64. The zero-order valence-corrected chi connectivity index (χ0v) is 9.69. The molecule has 1 fully saturated rings. The molecule has 4 heteroatoms. The molecular formula is C13H17N3O. The molecule has 0 saturated heterocycles. The fraction of sp³-hybridized carbons (Fsp3) is 0.462. The van der Waals surface area contributed by atoms with E-state index in [-0.39, 0.29) is 12.1 Å². The van der Waals surface area contributed by atoms with Crippen LogP contribution in [0.2, 0.25) is 0 Å². The van der Waals surface area contributed by atoms with Crippen molar-refractivity contribution >= 4 is 11.4 Å². The number of nitrogens with one attached hydrogen (secondary N) is 1. The monoisotopic (exact) mass is 231 g/mol. The lowest BCUT2D eigenvalue weighted by Gasteiger charge is -2.29. The van der Waals surface area contributed by atoms with Crippen LogP contribution >= 0.6 is 0 Å². The summed E-state index contributed by atoms with van der Waals surface area (Å²) in [5, 5.41) is 22.0. The Balaban J connectivity index is 2.16. The molecule has 0 aliphatic heterocycles. The molecule has 17 heavy (non-hydrogen) atoms. The topological polar surface area (TPSA) is 82.1 Å². The van der Waals surface area contributed by atoms with Crippen LogP contribution in [0.25, 0.3) is 0 Å². The maximum Gasteiger partial charge on any atom is 0.101 e. The van der Waals surface area contributed by atoms with Gasteiger partial charge >= 0.3 is 0 Å². The van der Waals surface area contributed by atoms with Gasteiger partial charge in [-0.05, 0) is 25.0 Å². The summed E-state index contributed by atoms with van der Waals surface area (Å²) in [5.41, 5.74) is 7.57. The average Bonchev–Trinajstić information content (AvgIpc) is 2.34. The molecule has 0 amide bonds. The van der Waals surface area contributed by atoms with E-state index < -0.39 is 0 Å². The predicted molar refractivity (Wildman–Crippen MR) is 67.5 cm³/mol. The van der Waals surface area contributed by atoms with Crippen LogP contribution in [0.4, 0.5) is 11.4 Å². The minimum Gasteiger partial charge on any atom is -0.396 e. The number of hydrogen-bond donors (Lipinski definition) is 3. The van der Waals surface area contributed by atoms with Crippen LogP contribution in [0.5, 0.6) is 0 Å². The third kappa shape index (κ3) is 2.51. The van der Waals surface area contributed by atoms with Gasteiger partial charge in [-0.3, -0.25) is 0 Å². The lowest BCUT2D eigenvalue weighted by Crippen LogP contribution is -2.36. The van der Waals surface area contributed by atoms with Crippen molar-refractivity contribution in [1.82, 2.24) is 0 Å².